The number of carbonyl (C=O) groups excluding carboxylic acids is 2. The molecule has 1 saturated heterocycles. The predicted molar refractivity (Wildman–Crippen MR) is 71.3 cm³/mol. The van der Waals surface area contributed by atoms with Crippen LogP contribution in [0.4, 0.5) is 4.79 Å². The van der Waals surface area contributed by atoms with Gasteiger partial charge in [-0.3, -0.25) is 4.79 Å². The summed E-state index contributed by atoms with van der Waals surface area (Å²) in [7, 11) is 0. The molecule has 0 bridgehead atoms. The first-order valence-electron chi connectivity index (χ1n) is 6.89. The van der Waals surface area contributed by atoms with Gasteiger partial charge in [-0.2, -0.15) is 0 Å². The van der Waals surface area contributed by atoms with Crippen LogP contribution in [0.25, 0.3) is 0 Å². The van der Waals surface area contributed by atoms with Gasteiger partial charge in [0.15, 0.2) is 0 Å². The Morgan fingerprint density at radius 2 is 2.11 bits per heavy atom. The van der Waals surface area contributed by atoms with Crippen molar-refractivity contribution in [2.24, 2.45) is 5.92 Å². The Kier molecular flexibility index (Phi) is 5.95. The maximum absolute atomic E-state index is 12.3. The van der Waals surface area contributed by atoms with Gasteiger partial charge in [0.05, 0.1) is 0 Å². The number of nitrogens with zero attached hydrogens (tertiary/aromatic N) is 2. The minimum absolute atomic E-state index is 0.00435. The lowest BCUT2D eigenvalue weighted by Crippen LogP contribution is -2.50. The number of piperidine rings is 1. The molecule has 3 amide bonds. The quantitative estimate of drug-likeness (QED) is 0.823. The van der Waals surface area contributed by atoms with E-state index in [4.69, 9.17) is 0 Å². The Balaban J connectivity index is 2.52. The summed E-state index contributed by atoms with van der Waals surface area (Å²) >= 11 is 0. The lowest BCUT2D eigenvalue weighted by atomic mass is 10.0. The molecule has 1 aliphatic rings. The van der Waals surface area contributed by atoms with Crippen molar-refractivity contribution in [2.75, 3.05) is 32.7 Å². The molecular formula is C13H25N3O2. The highest BCUT2D eigenvalue weighted by atomic mass is 16.2. The zero-order valence-corrected chi connectivity index (χ0v) is 11.7. The molecular weight excluding hydrogens is 230 g/mol. The van der Waals surface area contributed by atoms with Gasteiger partial charge in [-0.15, -0.1) is 0 Å². The summed E-state index contributed by atoms with van der Waals surface area (Å²) in [4.78, 5) is 27.3. The highest BCUT2D eigenvalue weighted by molar-refractivity contribution is 5.84. The first kappa shape index (κ1) is 14.8. The standard InChI is InChI=1S/C13H25N3O2/c1-4-14-12(17)10-15(5-2)13(18)16-8-6-7-11(3)9-16/h11H,4-10H2,1-3H3,(H,14,17). The summed E-state index contributed by atoms with van der Waals surface area (Å²) in [5.74, 6) is 0.476. The summed E-state index contributed by atoms with van der Waals surface area (Å²) in [6, 6.07) is -0.00435. The maximum atomic E-state index is 12.3. The fraction of sp³-hybridized carbons (Fsp3) is 0.846. The molecule has 0 spiro atoms. The maximum Gasteiger partial charge on any atom is 0.320 e. The molecule has 0 radical (unpaired) electrons. The van der Waals surface area contributed by atoms with Gasteiger partial charge in [0, 0.05) is 26.2 Å². The molecule has 1 atom stereocenters. The Morgan fingerprint density at radius 1 is 1.39 bits per heavy atom. The van der Waals surface area contributed by atoms with E-state index < -0.39 is 0 Å². The van der Waals surface area contributed by atoms with Crippen LogP contribution in [0.3, 0.4) is 0 Å². The predicted octanol–water partition coefficient (Wildman–Crippen LogP) is 1.30. The van der Waals surface area contributed by atoms with Gasteiger partial charge in [-0.25, -0.2) is 4.79 Å². The van der Waals surface area contributed by atoms with Gasteiger partial charge < -0.3 is 15.1 Å². The van der Waals surface area contributed by atoms with E-state index in [1.165, 1.54) is 6.42 Å². The topological polar surface area (TPSA) is 52.7 Å². The van der Waals surface area contributed by atoms with E-state index in [2.05, 4.69) is 12.2 Å². The number of likely N-dealkylation sites (N-methyl/N-ethyl adjacent to an activating group) is 2. The van der Waals surface area contributed by atoms with Crippen molar-refractivity contribution < 1.29 is 9.59 Å². The van der Waals surface area contributed by atoms with Crippen LogP contribution in [0.1, 0.15) is 33.6 Å². The number of urea groups is 1. The molecule has 1 rings (SSSR count). The second-order valence-corrected chi connectivity index (χ2v) is 4.94. The Hall–Kier alpha value is -1.26. The van der Waals surface area contributed by atoms with Crippen LogP contribution in [0.2, 0.25) is 0 Å². The van der Waals surface area contributed by atoms with Gasteiger partial charge in [-0.1, -0.05) is 6.92 Å². The van der Waals surface area contributed by atoms with Gasteiger partial charge in [0.25, 0.3) is 0 Å². The first-order chi connectivity index (χ1) is 8.58. The summed E-state index contributed by atoms with van der Waals surface area (Å²) in [5, 5.41) is 2.73. The number of carbonyl (C=O) groups is 2. The van der Waals surface area contributed by atoms with E-state index in [1.54, 1.807) is 4.90 Å². The largest absolute Gasteiger partial charge is 0.355 e. The average molecular weight is 255 g/mol. The third kappa shape index (κ3) is 4.20. The van der Waals surface area contributed by atoms with Crippen LogP contribution in [0, 0.1) is 5.92 Å². The Bertz CT molecular complexity index is 294. The van der Waals surface area contributed by atoms with Crippen LogP contribution >= 0.6 is 0 Å². The van der Waals surface area contributed by atoms with E-state index in [0.29, 0.717) is 19.0 Å². The third-order valence-corrected chi connectivity index (χ3v) is 3.29. The van der Waals surface area contributed by atoms with E-state index in [-0.39, 0.29) is 18.5 Å². The number of amides is 3. The van der Waals surface area contributed by atoms with Crippen LogP contribution in [0.15, 0.2) is 0 Å². The number of hydrogen-bond donors (Lipinski definition) is 1. The molecule has 1 N–H and O–H groups in total. The van der Waals surface area contributed by atoms with Crippen molar-refractivity contribution >= 4 is 11.9 Å². The SMILES string of the molecule is CCNC(=O)CN(CC)C(=O)N1CCCC(C)C1. The van der Waals surface area contributed by atoms with E-state index in [9.17, 15) is 9.59 Å². The van der Waals surface area contributed by atoms with Crippen molar-refractivity contribution in [3.05, 3.63) is 0 Å². The van der Waals surface area contributed by atoms with E-state index >= 15 is 0 Å². The van der Waals surface area contributed by atoms with Crippen LogP contribution in [0.5, 0.6) is 0 Å². The molecule has 1 heterocycles. The van der Waals surface area contributed by atoms with Crippen molar-refractivity contribution in [1.82, 2.24) is 15.1 Å². The second-order valence-electron chi connectivity index (χ2n) is 4.94. The molecule has 1 aliphatic heterocycles. The van der Waals surface area contributed by atoms with E-state index in [1.807, 2.05) is 18.7 Å². The lowest BCUT2D eigenvalue weighted by molar-refractivity contribution is -0.121. The summed E-state index contributed by atoms with van der Waals surface area (Å²) in [5.41, 5.74) is 0. The molecule has 5 nitrogen and oxygen atoms in total. The number of likely N-dealkylation sites (tertiary alicyclic amines) is 1. The molecule has 5 heteroatoms. The van der Waals surface area contributed by atoms with Crippen molar-refractivity contribution in [1.29, 1.82) is 0 Å². The van der Waals surface area contributed by atoms with Gasteiger partial charge in [0.1, 0.15) is 6.54 Å². The van der Waals surface area contributed by atoms with Crippen LogP contribution < -0.4 is 5.32 Å². The van der Waals surface area contributed by atoms with Gasteiger partial charge >= 0.3 is 6.03 Å². The molecule has 0 aromatic carbocycles. The molecule has 1 fully saturated rings. The molecule has 0 aromatic heterocycles. The third-order valence-electron chi connectivity index (χ3n) is 3.29. The summed E-state index contributed by atoms with van der Waals surface area (Å²) in [6.45, 7) is 8.91. The molecule has 0 aromatic rings. The zero-order valence-electron chi connectivity index (χ0n) is 11.7. The van der Waals surface area contributed by atoms with E-state index in [0.717, 1.165) is 19.5 Å². The minimum Gasteiger partial charge on any atom is -0.355 e. The average Bonchev–Trinajstić information content (AvgIpc) is 2.35. The van der Waals surface area contributed by atoms with Gasteiger partial charge in [0.2, 0.25) is 5.91 Å². The first-order valence-corrected chi connectivity index (χ1v) is 6.89. The van der Waals surface area contributed by atoms with Crippen LogP contribution in [-0.2, 0) is 4.79 Å². The highest BCUT2D eigenvalue weighted by Crippen LogP contribution is 2.16. The molecule has 18 heavy (non-hydrogen) atoms. The fourth-order valence-corrected chi connectivity index (χ4v) is 2.30. The Labute approximate surface area is 110 Å². The highest BCUT2D eigenvalue weighted by Gasteiger charge is 2.25. The minimum atomic E-state index is -0.0854. The van der Waals surface area contributed by atoms with Crippen molar-refractivity contribution in [2.45, 2.75) is 33.6 Å². The molecule has 1 unspecified atom stereocenters. The second kappa shape index (κ2) is 7.24. The normalized spacial score (nSPS) is 19.5. The smallest absolute Gasteiger partial charge is 0.320 e. The lowest BCUT2D eigenvalue weighted by Gasteiger charge is -2.34. The van der Waals surface area contributed by atoms with Crippen molar-refractivity contribution in [3.8, 4) is 0 Å². The molecule has 0 aliphatic carbocycles. The molecule has 0 saturated carbocycles. The fourth-order valence-electron chi connectivity index (χ4n) is 2.30. The van der Waals surface area contributed by atoms with Crippen molar-refractivity contribution in [3.63, 3.8) is 0 Å². The summed E-state index contributed by atoms with van der Waals surface area (Å²) in [6.07, 6.45) is 2.25. The number of rotatable bonds is 4. The zero-order chi connectivity index (χ0) is 13.5. The number of hydrogen-bond acceptors (Lipinski definition) is 2. The van der Waals surface area contributed by atoms with Crippen LogP contribution in [-0.4, -0.2) is 54.5 Å². The summed E-state index contributed by atoms with van der Waals surface area (Å²) < 4.78 is 0. The number of nitrogens with one attached hydrogen (secondary N) is 1. The van der Waals surface area contributed by atoms with Gasteiger partial charge in [-0.05, 0) is 32.6 Å². The Morgan fingerprint density at radius 3 is 2.67 bits per heavy atom. The molecule has 104 valence electrons. The monoisotopic (exact) mass is 255 g/mol.